The Balaban J connectivity index is 0.00000364. The molecule has 1 amide bonds. The first kappa shape index (κ1) is 23.4. The van der Waals surface area contributed by atoms with Crippen molar-refractivity contribution in [3.8, 4) is 11.5 Å². The monoisotopic (exact) mass is 423 g/mol. The smallest absolute Gasteiger partial charge is 0.255 e. The zero-order valence-electron chi connectivity index (χ0n) is 15.4. The second kappa shape index (κ2) is 10.7. The van der Waals surface area contributed by atoms with Crippen LogP contribution in [0.25, 0.3) is 0 Å². The van der Waals surface area contributed by atoms with E-state index in [1.54, 1.807) is 0 Å². The minimum absolute atomic E-state index is 0. The topological polar surface area (TPSA) is 120 Å². The molecule has 0 radical (unpaired) electrons. The van der Waals surface area contributed by atoms with E-state index in [9.17, 15) is 13.2 Å². The van der Waals surface area contributed by atoms with Crippen LogP contribution in [0.15, 0.2) is 17.0 Å². The van der Waals surface area contributed by atoms with Gasteiger partial charge < -0.3 is 25.3 Å². The van der Waals surface area contributed by atoms with Crippen molar-refractivity contribution in [2.24, 2.45) is 5.73 Å². The molecule has 11 heteroatoms. The summed E-state index contributed by atoms with van der Waals surface area (Å²) in [6.45, 7) is 1.99. The van der Waals surface area contributed by atoms with Gasteiger partial charge in [0.2, 0.25) is 10.0 Å². The highest BCUT2D eigenvalue weighted by molar-refractivity contribution is 7.89. The lowest BCUT2D eigenvalue weighted by molar-refractivity contribution is 0.0730. The molecule has 0 unspecified atom stereocenters. The van der Waals surface area contributed by atoms with E-state index in [-0.39, 0.29) is 47.5 Å². The summed E-state index contributed by atoms with van der Waals surface area (Å²) in [5.74, 6) is -0.0999. The maximum Gasteiger partial charge on any atom is 0.255 e. The minimum Gasteiger partial charge on any atom is -0.493 e. The third kappa shape index (κ3) is 5.45. The Labute approximate surface area is 165 Å². The van der Waals surface area contributed by atoms with Crippen LogP contribution in [0, 0.1) is 0 Å². The van der Waals surface area contributed by atoms with Crippen molar-refractivity contribution in [3.05, 3.63) is 17.7 Å². The lowest BCUT2D eigenvalue weighted by atomic mass is 10.1. The van der Waals surface area contributed by atoms with Gasteiger partial charge in [0.1, 0.15) is 0 Å². The van der Waals surface area contributed by atoms with Gasteiger partial charge in [0.25, 0.3) is 5.91 Å². The number of benzene rings is 1. The number of carbonyl (C=O) groups excluding carboxylic acids is 1. The van der Waals surface area contributed by atoms with Crippen molar-refractivity contribution in [1.82, 2.24) is 9.62 Å². The number of amides is 1. The Hall–Kier alpha value is -1.59. The molecule has 0 aromatic heterocycles. The number of halogens is 1. The molecule has 154 valence electrons. The van der Waals surface area contributed by atoms with Crippen LogP contribution in [0.4, 0.5) is 0 Å². The molecule has 1 aliphatic heterocycles. The summed E-state index contributed by atoms with van der Waals surface area (Å²) in [5, 5.41) is 2.70. The Morgan fingerprint density at radius 1 is 1.26 bits per heavy atom. The molecule has 0 aliphatic carbocycles. The second-order valence-electron chi connectivity index (χ2n) is 5.62. The normalized spacial score (nSPS) is 14.9. The van der Waals surface area contributed by atoms with Crippen molar-refractivity contribution in [3.63, 3.8) is 0 Å². The van der Waals surface area contributed by atoms with E-state index in [0.717, 1.165) is 0 Å². The number of nitrogens with two attached hydrogens (primary N) is 1. The number of hydrogen-bond acceptors (Lipinski definition) is 7. The molecule has 27 heavy (non-hydrogen) atoms. The lowest BCUT2D eigenvalue weighted by Gasteiger charge is -2.26. The van der Waals surface area contributed by atoms with Gasteiger partial charge in [-0.2, -0.15) is 4.31 Å². The van der Waals surface area contributed by atoms with E-state index in [1.807, 2.05) is 0 Å². The van der Waals surface area contributed by atoms with Crippen LogP contribution in [0.3, 0.4) is 0 Å². The van der Waals surface area contributed by atoms with Gasteiger partial charge in [-0.05, 0) is 19.0 Å². The third-order valence-corrected chi connectivity index (χ3v) is 5.85. The second-order valence-corrected chi connectivity index (χ2v) is 7.56. The molecule has 9 nitrogen and oxygen atoms in total. The van der Waals surface area contributed by atoms with Gasteiger partial charge >= 0.3 is 0 Å². The van der Waals surface area contributed by atoms with Crippen molar-refractivity contribution >= 4 is 28.3 Å². The van der Waals surface area contributed by atoms with E-state index in [0.29, 0.717) is 32.7 Å². The van der Waals surface area contributed by atoms with Gasteiger partial charge in [0, 0.05) is 25.7 Å². The molecule has 1 saturated heterocycles. The largest absolute Gasteiger partial charge is 0.493 e. The average molecular weight is 424 g/mol. The zero-order valence-corrected chi connectivity index (χ0v) is 17.0. The maximum atomic E-state index is 12.9. The first-order valence-corrected chi connectivity index (χ1v) is 9.72. The summed E-state index contributed by atoms with van der Waals surface area (Å²) in [6, 6.07) is 2.67. The number of ether oxygens (including phenoxy) is 3. The summed E-state index contributed by atoms with van der Waals surface area (Å²) in [5.41, 5.74) is 5.52. The summed E-state index contributed by atoms with van der Waals surface area (Å²) in [7, 11) is -1.00. The number of methoxy groups -OCH3 is 2. The molecule has 1 heterocycles. The van der Waals surface area contributed by atoms with Gasteiger partial charge in [0.15, 0.2) is 11.5 Å². The highest BCUT2D eigenvalue weighted by atomic mass is 35.5. The van der Waals surface area contributed by atoms with Crippen LogP contribution >= 0.6 is 12.4 Å². The fraction of sp³-hybridized carbons (Fsp3) is 0.562. The summed E-state index contributed by atoms with van der Waals surface area (Å²) in [6.07, 6.45) is 0.608. The standard InChI is InChI=1S/C16H25N3O6S.ClH/c1-23-14-11-12(26(21,22)19-6-8-25-9-7-19)10-13(15(14)24-2)16(20)18-5-3-4-17;/h10-11H,3-9,17H2,1-2H3,(H,18,20);1H. The Morgan fingerprint density at radius 3 is 2.48 bits per heavy atom. The van der Waals surface area contributed by atoms with Gasteiger partial charge in [0.05, 0.1) is 37.9 Å². The van der Waals surface area contributed by atoms with Crippen LogP contribution in [0.5, 0.6) is 11.5 Å². The molecule has 0 spiro atoms. The Kier molecular flexibility index (Phi) is 9.27. The third-order valence-electron chi connectivity index (χ3n) is 3.97. The van der Waals surface area contributed by atoms with Crippen molar-refractivity contribution < 1.29 is 27.4 Å². The number of hydrogen-bond donors (Lipinski definition) is 2. The van der Waals surface area contributed by atoms with Gasteiger partial charge in [-0.25, -0.2) is 8.42 Å². The molecule has 0 saturated carbocycles. The summed E-state index contributed by atoms with van der Waals surface area (Å²) < 4.78 is 42.9. The van der Waals surface area contributed by atoms with Crippen LogP contribution < -0.4 is 20.5 Å². The maximum absolute atomic E-state index is 12.9. The van der Waals surface area contributed by atoms with Gasteiger partial charge in [-0.3, -0.25) is 4.79 Å². The molecular formula is C16H26ClN3O6S. The van der Waals surface area contributed by atoms with E-state index < -0.39 is 15.9 Å². The van der Waals surface area contributed by atoms with Gasteiger partial charge in [-0.15, -0.1) is 12.4 Å². The van der Waals surface area contributed by atoms with E-state index in [4.69, 9.17) is 19.9 Å². The average Bonchev–Trinajstić information content (AvgIpc) is 2.67. The van der Waals surface area contributed by atoms with Crippen LogP contribution in [-0.4, -0.2) is 72.2 Å². The Bertz CT molecular complexity index is 738. The predicted octanol–water partition coefficient (Wildman–Crippen LogP) is 0.225. The highest BCUT2D eigenvalue weighted by Crippen LogP contribution is 2.35. The number of sulfonamides is 1. The van der Waals surface area contributed by atoms with Crippen LogP contribution in [0.1, 0.15) is 16.8 Å². The molecule has 0 atom stereocenters. The molecule has 3 N–H and O–H groups in total. The molecule has 1 fully saturated rings. The molecular weight excluding hydrogens is 398 g/mol. The van der Waals surface area contributed by atoms with E-state index >= 15 is 0 Å². The fourth-order valence-corrected chi connectivity index (χ4v) is 4.04. The fourth-order valence-electron chi connectivity index (χ4n) is 2.59. The lowest BCUT2D eigenvalue weighted by Crippen LogP contribution is -2.40. The molecule has 2 rings (SSSR count). The number of carbonyl (C=O) groups is 1. The number of nitrogens with zero attached hydrogens (tertiary/aromatic N) is 1. The number of morpholine rings is 1. The minimum atomic E-state index is -3.78. The van der Waals surface area contributed by atoms with Crippen LogP contribution in [0.2, 0.25) is 0 Å². The zero-order chi connectivity index (χ0) is 19.2. The van der Waals surface area contributed by atoms with Gasteiger partial charge in [-0.1, -0.05) is 0 Å². The van der Waals surface area contributed by atoms with Crippen molar-refractivity contribution in [1.29, 1.82) is 0 Å². The SMILES string of the molecule is COc1cc(S(=O)(=O)N2CCOCC2)cc(C(=O)NCCCN)c1OC.Cl. The summed E-state index contributed by atoms with van der Waals surface area (Å²) in [4.78, 5) is 12.5. The quantitative estimate of drug-likeness (QED) is 0.574. The molecule has 1 aromatic rings. The Morgan fingerprint density at radius 2 is 1.93 bits per heavy atom. The van der Waals surface area contributed by atoms with E-state index in [1.165, 1.54) is 30.7 Å². The predicted molar refractivity (Wildman–Crippen MR) is 102 cm³/mol. The van der Waals surface area contributed by atoms with Crippen molar-refractivity contribution in [2.75, 3.05) is 53.6 Å². The first-order chi connectivity index (χ1) is 12.5. The first-order valence-electron chi connectivity index (χ1n) is 8.28. The summed E-state index contributed by atoms with van der Waals surface area (Å²) >= 11 is 0. The number of nitrogens with one attached hydrogen (secondary N) is 1. The highest BCUT2D eigenvalue weighted by Gasteiger charge is 2.29. The van der Waals surface area contributed by atoms with Crippen molar-refractivity contribution in [2.45, 2.75) is 11.3 Å². The number of rotatable bonds is 8. The van der Waals surface area contributed by atoms with E-state index in [2.05, 4.69) is 5.32 Å². The molecule has 1 aliphatic rings. The van der Waals surface area contributed by atoms with Crippen LogP contribution in [-0.2, 0) is 14.8 Å². The molecule has 1 aromatic carbocycles. The molecule has 0 bridgehead atoms.